The molecule has 0 radical (unpaired) electrons. The van der Waals surface area contributed by atoms with Gasteiger partial charge in [-0.1, -0.05) is 136 Å². The van der Waals surface area contributed by atoms with Gasteiger partial charge >= 0.3 is 0 Å². The molecule has 6 aromatic carbocycles. The number of allylic oxidation sites excluding steroid dienone is 2. The molecule has 0 saturated carbocycles. The number of para-hydroxylation sites is 4. The molecule has 3 aromatic heterocycles. The minimum Gasteiger partial charge on any atom is -0.456 e. The van der Waals surface area contributed by atoms with Crippen molar-refractivity contribution < 1.29 is 8.83 Å². The lowest BCUT2D eigenvalue weighted by atomic mass is 9.57. The van der Waals surface area contributed by atoms with E-state index in [0.717, 1.165) is 86.6 Å². The van der Waals surface area contributed by atoms with Gasteiger partial charge in [0.15, 0.2) is 0 Å². The van der Waals surface area contributed by atoms with Gasteiger partial charge in [0.1, 0.15) is 22.2 Å². The molecule has 3 heterocycles. The lowest BCUT2D eigenvalue weighted by Crippen LogP contribution is -2.38. The van der Waals surface area contributed by atoms with E-state index in [1.165, 1.54) is 49.5 Å². The number of hydrogen-bond acceptors (Lipinski definition) is 2. The summed E-state index contributed by atoms with van der Waals surface area (Å²) < 4.78 is 16.1. The number of nitrogens with zero attached hydrogens (tertiary/aromatic N) is 1. The molecule has 3 aliphatic carbocycles. The van der Waals surface area contributed by atoms with Crippen molar-refractivity contribution in [1.29, 1.82) is 0 Å². The Kier molecular flexibility index (Phi) is 6.70. The Morgan fingerprint density at radius 1 is 0.544 bits per heavy atom. The maximum atomic E-state index is 6.76. The molecule has 9 aromatic rings. The second kappa shape index (κ2) is 11.6. The van der Waals surface area contributed by atoms with Crippen molar-refractivity contribution in [1.82, 2.24) is 4.57 Å². The van der Waals surface area contributed by atoms with E-state index in [2.05, 4.69) is 172 Å². The zero-order valence-corrected chi connectivity index (χ0v) is 32.9. The maximum absolute atomic E-state index is 6.76. The van der Waals surface area contributed by atoms with E-state index in [1.807, 2.05) is 0 Å². The summed E-state index contributed by atoms with van der Waals surface area (Å²) in [4.78, 5) is 0. The van der Waals surface area contributed by atoms with Crippen LogP contribution < -0.4 is 10.6 Å². The average molecular weight is 738 g/mol. The van der Waals surface area contributed by atoms with Crippen LogP contribution in [0, 0.1) is 0 Å². The Hall–Kier alpha value is -6.32. The molecule has 0 amide bonds. The molecule has 0 fully saturated rings. The van der Waals surface area contributed by atoms with Crippen molar-refractivity contribution in [3.8, 4) is 27.9 Å². The van der Waals surface area contributed by atoms with E-state index >= 15 is 0 Å². The summed E-state index contributed by atoms with van der Waals surface area (Å²) in [5, 5.41) is 5.99. The molecule has 3 heteroatoms. The molecule has 3 nitrogen and oxygen atoms in total. The molecule has 3 aliphatic rings. The number of fused-ring (bicyclic) bond motifs is 11. The second-order valence-electron chi connectivity index (χ2n) is 17.4. The molecule has 0 atom stereocenters. The van der Waals surface area contributed by atoms with E-state index in [1.54, 1.807) is 5.57 Å². The van der Waals surface area contributed by atoms with Gasteiger partial charge in [0.2, 0.25) is 0 Å². The largest absolute Gasteiger partial charge is 0.456 e. The first kappa shape index (κ1) is 32.9. The zero-order chi connectivity index (χ0) is 38.2. The van der Waals surface area contributed by atoms with Crippen LogP contribution >= 0.6 is 0 Å². The highest BCUT2D eigenvalue weighted by atomic mass is 16.3. The Bertz CT molecular complexity index is 3360. The quantitative estimate of drug-likeness (QED) is 0.181. The van der Waals surface area contributed by atoms with Crippen LogP contribution in [0.1, 0.15) is 69.3 Å². The monoisotopic (exact) mass is 737 g/mol. The predicted molar refractivity (Wildman–Crippen MR) is 236 cm³/mol. The summed E-state index contributed by atoms with van der Waals surface area (Å²) in [6.45, 7) is 9.79. The number of hydrogen-bond donors (Lipinski definition) is 0. The van der Waals surface area contributed by atoms with Gasteiger partial charge in [-0.2, -0.15) is 0 Å². The normalized spacial score (nSPS) is 16.6. The minimum absolute atomic E-state index is 0.0908. The van der Waals surface area contributed by atoms with Crippen LogP contribution in [0.2, 0.25) is 0 Å². The Morgan fingerprint density at radius 3 is 1.96 bits per heavy atom. The SMILES string of the molecule is CC1(C)C2=C(c3c(c4ccccc4n3-c3cc(-c4cccc5c6c(oc45)=CCCC=6)cc(-c4cccc5c4oc4ccccc45)c3)CC2)C(C)(C)c2ccccc21. The van der Waals surface area contributed by atoms with E-state index < -0.39 is 0 Å². The van der Waals surface area contributed by atoms with Crippen LogP contribution in [0.4, 0.5) is 0 Å². The standard InChI is InChI=1S/C54H43NO2/c1-53(2)43-22-8-9-23-44(43)54(3,4)49-45(53)28-27-40-37-15-5-10-24-46(37)55(50(40)49)34-30-32(35-18-13-20-41-38-16-6-11-25-47(38)56-51(35)41)29-33(31-34)36-19-14-21-42-39-17-7-12-26-48(39)57-52(36)42/h5-6,8-11,13-26,29-31H,7,12,27-28H2,1-4H3. The van der Waals surface area contributed by atoms with Gasteiger partial charge in [-0.05, 0) is 95.5 Å². The zero-order valence-electron chi connectivity index (χ0n) is 32.9. The van der Waals surface area contributed by atoms with Crippen LogP contribution in [-0.4, -0.2) is 4.57 Å². The van der Waals surface area contributed by atoms with Crippen LogP contribution in [0.25, 0.3) is 89.5 Å². The summed E-state index contributed by atoms with van der Waals surface area (Å²) in [6, 6.07) is 47.0. The molecular formula is C54H43NO2. The summed E-state index contributed by atoms with van der Waals surface area (Å²) in [5.41, 5.74) is 19.0. The molecule has 0 spiro atoms. The fourth-order valence-corrected chi connectivity index (χ4v) is 11.0. The first-order valence-electron chi connectivity index (χ1n) is 20.5. The van der Waals surface area contributed by atoms with Crippen LogP contribution in [-0.2, 0) is 17.3 Å². The molecule has 0 bridgehead atoms. The van der Waals surface area contributed by atoms with Gasteiger partial charge in [0, 0.05) is 54.4 Å². The molecule has 0 saturated heterocycles. The second-order valence-corrected chi connectivity index (χ2v) is 17.4. The van der Waals surface area contributed by atoms with Gasteiger partial charge < -0.3 is 13.4 Å². The van der Waals surface area contributed by atoms with Gasteiger partial charge in [-0.3, -0.25) is 0 Å². The van der Waals surface area contributed by atoms with Crippen LogP contribution in [0.5, 0.6) is 0 Å². The molecule has 0 aliphatic heterocycles. The Labute approximate surface area is 331 Å². The van der Waals surface area contributed by atoms with E-state index in [9.17, 15) is 0 Å². The average Bonchev–Trinajstić information content (AvgIpc) is 3.92. The molecule has 0 unspecified atom stereocenters. The summed E-state index contributed by atoms with van der Waals surface area (Å²) in [5.74, 6) is 0. The highest BCUT2D eigenvalue weighted by molar-refractivity contribution is 6.10. The summed E-state index contributed by atoms with van der Waals surface area (Å²) in [6.07, 6.45) is 8.69. The topological polar surface area (TPSA) is 31.2 Å². The van der Waals surface area contributed by atoms with Crippen LogP contribution in [0.15, 0.2) is 142 Å². The van der Waals surface area contributed by atoms with E-state index in [4.69, 9.17) is 8.83 Å². The summed E-state index contributed by atoms with van der Waals surface area (Å²) >= 11 is 0. The smallest absolute Gasteiger partial charge is 0.143 e. The Balaban J connectivity index is 1.20. The van der Waals surface area contributed by atoms with Crippen molar-refractivity contribution in [3.05, 3.63) is 166 Å². The maximum Gasteiger partial charge on any atom is 0.143 e. The van der Waals surface area contributed by atoms with Crippen molar-refractivity contribution >= 4 is 61.5 Å². The number of aromatic nitrogens is 1. The van der Waals surface area contributed by atoms with Crippen molar-refractivity contribution in [2.45, 2.75) is 64.2 Å². The fourth-order valence-electron chi connectivity index (χ4n) is 11.0. The van der Waals surface area contributed by atoms with E-state index in [-0.39, 0.29) is 10.8 Å². The van der Waals surface area contributed by atoms with Gasteiger partial charge in [0.05, 0.1) is 11.2 Å². The molecular weight excluding hydrogens is 695 g/mol. The highest BCUT2D eigenvalue weighted by Crippen LogP contribution is 2.58. The first-order chi connectivity index (χ1) is 27.8. The third kappa shape index (κ3) is 4.49. The van der Waals surface area contributed by atoms with Crippen LogP contribution in [0.3, 0.4) is 0 Å². The lowest BCUT2D eigenvalue weighted by molar-refractivity contribution is 0.518. The molecule has 0 N–H and O–H groups in total. The van der Waals surface area contributed by atoms with Gasteiger partial charge in [-0.25, -0.2) is 0 Å². The summed E-state index contributed by atoms with van der Waals surface area (Å²) in [7, 11) is 0. The number of benzene rings is 6. The van der Waals surface area contributed by atoms with Gasteiger partial charge in [-0.15, -0.1) is 0 Å². The van der Waals surface area contributed by atoms with Crippen molar-refractivity contribution in [2.75, 3.05) is 0 Å². The van der Waals surface area contributed by atoms with Crippen molar-refractivity contribution in [3.63, 3.8) is 0 Å². The number of furan rings is 2. The fraction of sp³-hybridized carbons (Fsp3) is 0.185. The molecule has 57 heavy (non-hydrogen) atoms. The van der Waals surface area contributed by atoms with E-state index in [0.29, 0.717) is 0 Å². The third-order valence-electron chi connectivity index (χ3n) is 13.6. The van der Waals surface area contributed by atoms with Crippen molar-refractivity contribution in [2.24, 2.45) is 0 Å². The number of rotatable bonds is 3. The highest BCUT2D eigenvalue weighted by Gasteiger charge is 2.47. The number of aryl methyl sites for hydroxylation is 1. The first-order valence-corrected chi connectivity index (χ1v) is 20.5. The lowest BCUT2D eigenvalue weighted by Gasteiger charge is -2.47. The third-order valence-corrected chi connectivity index (χ3v) is 13.6. The minimum atomic E-state index is -0.200. The molecule has 12 rings (SSSR count). The van der Waals surface area contributed by atoms with Gasteiger partial charge in [0.25, 0.3) is 0 Å². The molecule has 276 valence electrons. The predicted octanol–water partition coefficient (Wildman–Crippen LogP) is 12.9. The Morgan fingerprint density at radius 2 is 1.18 bits per heavy atom.